The minimum absolute atomic E-state index is 0.0843. The van der Waals surface area contributed by atoms with Gasteiger partial charge in [0.15, 0.2) is 0 Å². The zero-order valence-corrected chi connectivity index (χ0v) is 23.1. The van der Waals surface area contributed by atoms with Crippen LogP contribution in [0.4, 0.5) is 5.69 Å². The molecule has 4 aromatic rings. The summed E-state index contributed by atoms with van der Waals surface area (Å²) < 4.78 is 0. The first-order valence-electron chi connectivity index (χ1n) is 12.7. The summed E-state index contributed by atoms with van der Waals surface area (Å²) in [6, 6.07) is 10.2. The number of nitrogens with one attached hydrogen (secondary N) is 2. The quantitative estimate of drug-likeness (QED) is 0.223. The number of H-pyrrole nitrogens is 1. The van der Waals surface area contributed by atoms with Gasteiger partial charge < -0.3 is 15.2 Å². The summed E-state index contributed by atoms with van der Waals surface area (Å²) in [5.74, 6) is -0.137. The fourth-order valence-electron chi connectivity index (χ4n) is 5.11. The monoisotopic (exact) mass is 565 g/mol. The molecule has 2 aromatic carbocycles. The van der Waals surface area contributed by atoms with Gasteiger partial charge in [0.25, 0.3) is 5.69 Å². The van der Waals surface area contributed by atoms with Crippen LogP contribution in [0.1, 0.15) is 41.8 Å². The first kappa shape index (κ1) is 26.8. The van der Waals surface area contributed by atoms with Gasteiger partial charge in [-0.25, -0.2) is 4.98 Å². The average molecular weight is 566 g/mol. The maximum absolute atomic E-state index is 13.5. The zero-order valence-electron chi connectivity index (χ0n) is 21.6. The summed E-state index contributed by atoms with van der Waals surface area (Å²) in [6.45, 7) is 4.59. The lowest BCUT2D eigenvalue weighted by Crippen LogP contribution is -2.51. The Balaban J connectivity index is 1.26. The lowest BCUT2D eigenvalue weighted by atomic mass is 9.96. The van der Waals surface area contributed by atoms with Crippen LogP contribution in [0.3, 0.4) is 0 Å². The van der Waals surface area contributed by atoms with Crippen LogP contribution in [-0.4, -0.2) is 50.7 Å². The van der Waals surface area contributed by atoms with Crippen LogP contribution < -0.4 is 5.32 Å². The number of aromatic nitrogens is 2. The van der Waals surface area contributed by atoms with E-state index in [4.69, 9.17) is 16.6 Å². The van der Waals surface area contributed by atoms with Gasteiger partial charge >= 0.3 is 0 Å². The van der Waals surface area contributed by atoms with E-state index in [1.54, 1.807) is 6.07 Å². The van der Waals surface area contributed by atoms with Gasteiger partial charge in [-0.3, -0.25) is 19.7 Å². The second-order valence-electron chi connectivity index (χ2n) is 9.91. The van der Waals surface area contributed by atoms with E-state index in [9.17, 15) is 19.7 Å². The maximum atomic E-state index is 13.5. The molecular formula is C28H28ClN5O4S. The van der Waals surface area contributed by atoms with Crippen molar-refractivity contribution in [1.29, 1.82) is 0 Å². The molecule has 39 heavy (non-hydrogen) atoms. The van der Waals surface area contributed by atoms with Gasteiger partial charge in [-0.2, -0.15) is 0 Å². The van der Waals surface area contributed by atoms with Crippen molar-refractivity contribution in [3.63, 3.8) is 0 Å². The van der Waals surface area contributed by atoms with Crippen LogP contribution in [-0.2, 0) is 16.0 Å². The number of piperidine rings is 1. The predicted octanol–water partition coefficient (Wildman–Crippen LogP) is 5.61. The molecule has 11 heteroatoms. The highest BCUT2D eigenvalue weighted by atomic mass is 35.5. The number of aromatic amines is 1. The third kappa shape index (κ3) is 5.81. The van der Waals surface area contributed by atoms with Gasteiger partial charge in [-0.15, -0.1) is 11.3 Å². The van der Waals surface area contributed by atoms with Gasteiger partial charge in [-0.1, -0.05) is 29.3 Å². The number of carbonyl (C=O) groups excluding carboxylic acids is 2. The van der Waals surface area contributed by atoms with Crippen molar-refractivity contribution in [2.45, 2.75) is 45.1 Å². The first-order chi connectivity index (χ1) is 18.7. The molecule has 2 N–H and O–H groups in total. The van der Waals surface area contributed by atoms with Gasteiger partial charge in [0, 0.05) is 66.5 Å². The molecule has 0 aliphatic carbocycles. The number of benzene rings is 2. The molecule has 0 spiro atoms. The number of nitrogens with zero attached hydrogens (tertiary/aromatic N) is 3. The number of nitro groups is 1. The van der Waals surface area contributed by atoms with Crippen molar-refractivity contribution in [1.82, 2.24) is 20.2 Å². The molecule has 5 rings (SSSR count). The number of amides is 2. The lowest BCUT2D eigenvalue weighted by Gasteiger charge is -2.33. The summed E-state index contributed by atoms with van der Waals surface area (Å²) in [6.07, 6.45) is 3.82. The Kier molecular flexibility index (Phi) is 7.67. The number of fused-ring (bicyclic) bond motifs is 1. The molecule has 1 saturated heterocycles. The van der Waals surface area contributed by atoms with Crippen LogP contribution in [0.5, 0.6) is 0 Å². The van der Waals surface area contributed by atoms with Gasteiger partial charge in [0.05, 0.1) is 15.6 Å². The number of hydrogen-bond acceptors (Lipinski definition) is 6. The highest BCUT2D eigenvalue weighted by Crippen LogP contribution is 2.35. The Labute approximate surface area is 234 Å². The number of nitro benzene ring substituents is 1. The summed E-state index contributed by atoms with van der Waals surface area (Å²) >= 11 is 7.47. The molecule has 0 radical (unpaired) electrons. The molecule has 1 aliphatic heterocycles. The number of thiazole rings is 1. The first-order valence-corrected chi connectivity index (χ1v) is 14.0. The Morgan fingerprint density at radius 1 is 1.26 bits per heavy atom. The Morgan fingerprint density at radius 2 is 2.03 bits per heavy atom. The van der Waals surface area contributed by atoms with E-state index in [0.29, 0.717) is 30.8 Å². The highest BCUT2D eigenvalue weighted by molar-refractivity contribution is 7.10. The summed E-state index contributed by atoms with van der Waals surface area (Å²) in [7, 11) is 0. The fourth-order valence-corrected chi connectivity index (χ4v) is 6.30. The number of hydrogen-bond donors (Lipinski definition) is 2. The average Bonchev–Trinajstić information content (AvgIpc) is 3.55. The molecule has 2 amide bonds. The molecule has 9 nitrogen and oxygen atoms in total. The lowest BCUT2D eigenvalue weighted by molar-refractivity contribution is -0.384. The van der Waals surface area contributed by atoms with E-state index >= 15 is 0 Å². The van der Waals surface area contributed by atoms with E-state index in [1.807, 2.05) is 35.5 Å². The minimum Gasteiger partial charge on any atom is -0.361 e. The minimum atomic E-state index is -0.647. The molecule has 1 aliphatic rings. The number of rotatable bonds is 7. The SMILES string of the molecule is CC(=O)NC(Cc1c[nH]c2ccc(C)cc12)C(=O)N1CCC(c2nc(-c3ccc(Cl)c([N+](=O)[O-])c3)cs2)CC1. The van der Waals surface area contributed by atoms with E-state index in [1.165, 1.54) is 30.4 Å². The number of halogens is 1. The maximum Gasteiger partial charge on any atom is 0.288 e. The zero-order chi connectivity index (χ0) is 27.7. The van der Waals surface area contributed by atoms with Crippen molar-refractivity contribution >= 4 is 51.3 Å². The van der Waals surface area contributed by atoms with E-state index in [-0.39, 0.29) is 28.4 Å². The fraction of sp³-hybridized carbons (Fsp3) is 0.321. The standard InChI is InChI=1S/C28H28ClN5O4S/c1-16-3-6-23-21(11-16)20(14-30-23)12-24(31-17(2)35)28(36)33-9-7-18(8-10-33)27-32-25(15-39-27)19-4-5-22(29)26(13-19)34(37)38/h3-6,11,13-15,18,24,30H,7-10,12H2,1-2H3,(H,31,35). The van der Waals surface area contributed by atoms with Crippen LogP contribution in [0.25, 0.3) is 22.2 Å². The van der Waals surface area contributed by atoms with E-state index < -0.39 is 11.0 Å². The number of likely N-dealkylation sites (tertiary alicyclic amines) is 1. The van der Waals surface area contributed by atoms with E-state index in [0.717, 1.165) is 39.9 Å². The van der Waals surface area contributed by atoms with Crippen LogP contribution in [0.2, 0.25) is 5.02 Å². The largest absolute Gasteiger partial charge is 0.361 e. The second-order valence-corrected chi connectivity index (χ2v) is 11.2. The summed E-state index contributed by atoms with van der Waals surface area (Å²) in [5, 5.41) is 18.1. The summed E-state index contributed by atoms with van der Waals surface area (Å²) in [5.41, 5.74) is 4.30. The molecule has 2 aromatic heterocycles. The van der Waals surface area contributed by atoms with Crippen molar-refractivity contribution in [2.75, 3.05) is 13.1 Å². The molecule has 0 saturated carbocycles. The van der Waals surface area contributed by atoms with Gasteiger partial charge in [0.1, 0.15) is 11.1 Å². The van der Waals surface area contributed by atoms with Crippen LogP contribution >= 0.6 is 22.9 Å². The van der Waals surface area contributed by atoms with Gasteiger partial charge in [-0.05, 0) is 43.5 Å². The third-order valence-corrected chi connectivity index (χ3v) is 8.47. The van der Waals surface area contributed by atoms with E-state index in [2.05, 4.69) is 16.4 Å². The van der Waals surface area contributed by atoms with Crippen LogP contribution in [0.15, 0.2) is 48.0 Å². The third-order valence-electron chi connectivity index (χ3n) is 7.14. The van der Waals surface area contributed by atoms with Crippen molar-refractivity contribution in [2.24, 2.45) is 0 Å². The number of aryl methyl sites for hydroxylation is 1. The van der Waals surface area contributed by atoms with Crippen molar-refractivity contribution in [3.05, 3.63) is 79.2 Å². The Hall–Kier alpha value is -3.76. The topological polar surface area (TPSA) is 121 Å². The molecule has 1 fully saturated rings. The molecule has 1 atom stereocenters. The molecule has 1 unspecified atom stereocenters. The highest BCUT2D eigenvalue weighted by Gasteiger charge is 2.31. The van der Waals surface area contributed by atoms with Crippen LogP contribution in [0, 0.1) is 17.0 Å². The predicted molar refractivity (Wildman–Crippen MR) is 152 cm³/mol. The molecule has 0 bridgehead atoms. The number of carbonyl (C=O) groups is 2. The molecular weight excluding hydrogens is 538 g/mol. The molecule has 3 heterocycles. The smallest absolute Gasteiger partial charge is 0.288 e. The van der Waals surface area contributed by atoms with Crippen molar-refractivity contribution < 1.29 is 14.5 Å². The van der Waals surface area contributed by atoms with Crippen molar-refractivity contribution in [3.8, 4) is 11.3 Å². The normalized spacial score (nSPS) is 14.9. The Morgan fingerprint density at radius 3 is 2.74 bits per heavy atom. The molecule has 202 valence electrons. The summed E-state index contributed by atoms with van der Waals surface area (Å²) in [4.78, 5) is 46.1. The second kappa shape index (κ2) is 11.2. The van der Waals surface area contributed by atoms with Gasteiger partial charge in [0.2, 0.25) is 11.8 Å². The Bertz CT molecular complexity index is 1560.